The monoisotopic (exact) mass is 370 g/mol. The number of amides is 1. The van der Waals surface area contributed by atoms with Gasteiger partial charge in [-0.3, -0.25) is 9.69 Å². The summed E-state index contributed by atoms with van der Waals surface area (Å²) in [5.74, 6) is 1.06. The molecule has 0 saturated carbocycles. The molecule has 4 rings (SSSR count). The van der Waals surface area contributed by atoms with Gasteiger partial charge in [0.15, 0.2) is 11.5 Å². The molecule has 1 saturated heterocycles. The molecule has 1 unspecified atom stereocenters. The minimum Gasteiger partial charge on any atom is -0.490 e. The number of likely N-dealkylation sites (tertiary alicyclic amines) is 1. The Morgan fingerprint density at radius 3 is 2.67 bits per heavy atom. The summed E-state index contributed by atoms with van der Waals surface area (Å²) in [7, 11) is 0. The maximum Gasteiger partial charge on any atom is 0.238 e. The summed E-state index contributed by atoms with van der Waals surface area (Å²) in [6.45, 7) is 2.41. The van der Waals surface area contributed by atoms with Crippen LogP contribution in [0.15, 0.2) is 42.5 Å². The van der Waals surface area contributed by atoms with Gasteiger partial charge in [0.05, 0.1) is 19.8 Å². The molecule has 1 amide bonds. The molecular formula is C21H23FN2O3. The Balaban J connectivity index is 1.40. The quantitative estimate of drug-likeness (QED) is 0.890. The zero-order valence-corrected chi connectivity index (χ0v) is 15.1. The summed E-state index contributed by atoms with van der Waals surface area (Å²) in [6.07, 6.45) is 2.85. The normalized spacial score (nSPS) is 19.5. The van der Waals surface area contributed by atoms with Crippen molar-refractivity contribution in [3.63, 3.8) is 0 Å². The number of carbonyl (C=O) groups excluding carboxylic acids is 1. The predicted molar refractivity (Wildman–Crippen MR) is 101 cm³/mol. The number of ether oxygens (including phenoxy) is 2. The summed E-state index contributed by atoms with van der Waals surface area (Å²) in [6, 6.07) is 12.2. The average molecular weight is 370 g/mol. The highest BCUT2D eigenvalue weighted by molar-refractivity contribution is 5.92. The van der Waals surface area contributed by atoms with Gasteiger partial charge in [-0.25, -0.2) is 4.39 Å². The van der Waals surface area contributed by atoms with Gasteiger partial charge in [0.2, 0.25) is 5.91 Å². The van der Waals surface area contributed by atoms with E-state index in [9.17, 15) is 9.18 Å². The number of benzene rings is 2. The Bertz CT molecular complexity index is 810. The second-order valence-electron chi connectivity index (χ2n) is 6.94. The standard InChI is InChI=1S/C21H23FN2O3/c22-16-6-4-15(5-7-16)18-3-1-10-24(18)14-21(25)23-17-8-9-19-20(13-17)27-12-2-11-26-19/h4-9,13,18H,1-3,10-12,14H2,(H,23,25). The molecule has 2 aliphatic rings. The van der Waals surface area contributed by atoms with Crippen molar-refractivity contribution in [3.05, 3.63) is 53.8 Å². The fourth-order valence-electron chi connectivity index (χ4n) is 3.70. The van der Waals surface area contributed by atoms with Gasteiger partial charge in [-0.2, -0.15) is 0 Å². The van der Waals surface area contributed by atoms with Gasteiger partial charge in [-0.05, 0) is 49.2 Å². The second kappa shape index (κ2) is 7.96. The fourth-order valence-corrected chi connectivity index (χ4v) is 3.70. The number of carbonyl (C=O) groups is 1. The van der Waals surface area contributed by atoms with Crippen LogP contribution in [0.1, 0.15) is 30.9 Å². The third-order valence-corrected chi connectivity index (χ3v) is 5.00. The molecule has 142 valence electrons. The summed E-state index contributed by atoms with van der Waals surface area (Å²) in [4.78, 5) is 14.7. The first kappa shape index (κ1) is 17.8. The number of halogens is 1. The van der Waals surface area contributed by atoms with Crippen molar-refractivity contribution in [2.45, 2.75) is 25.3 Å². The van der Waals surface area contributed by atoms with E-state index < -0.39 is 0 Å². The van der Waals surface area contributed by atoms with Crippen molar-refractivity contribution in [1.82, 2.24) is 4.90 Å². The largest absolute Gasteiger partial charge is 0.490 e. The molecule has 0 aliphatic carbocycles. The van der Waals surface area contributed by atoms with E-state index >= 15 is 0 Å². The number of rotatable bonds is 4. The molecule has 1 N–H and O–H groups in total. The molecule has 2 aromatic carbocycles. The van der Waals surface area contributed by atoms with E-state index in [0.29, 0.717) is 36.9 Å². The summed E-state index contributed by atoms with van der Waals surface area (Å²) in [5.41, 5.74) is 1.75. The van der Waals surface area contributed by atoms with Gasteiger partial charge in [-0.15, -0.1) is 0 Å². The van der Waals surface area contributed by atoms with E-state index in [4.69, 9.17) is 9.47 Å². The second-order valence-corrected chi connectivity index (χ2v) is 6.94. The highest BCUT2D eigenvalue weighted by Crippen LogP contribution is 2.33. The van der Waals surface area contributed by atoms with Crippen molar-refractivity contribution in [1.29, 1.82) is 0 Å². The van der Waals surface area contributed by atoms with Crippen molar-refractivity contribution in [2.75, 3.05) is 31.6 Å². The van der Waals surface area contributed by atoms with Gasteiger partial charge in [0.1, 0.15) is 5.82 Å². The van der Waals surface area contributed by atoms with Gasteiger partial charge in [0, 0.05) is 24.2 Å². The highest BCUT2D eigenvalue weighted by Gasteiger charge is 2.27. The van der Waals surface area contributed by atoms with E-state index in [-0.39, 0.29) is 17.8 Å². The third kappa shape index (κ3) is 4.22. The van der Waals surface area contributed by atoms with E-state index in [1.54, 1.807) is 18.2 Å². The highest BCUT2D eigenvalue weighted by atomic mass is 19.1. The smallest absolute Gasteiger partial charge is 0.238 e. The Morgan fingerprint density at radius 2 is 1.85 bits per heavy atom. The number of nitrogens with zero attached hydrogens (tertiary/aromatic N) is 1. The molecule has 0 radical (unpaired) electrons. The fraction of sp³-hybridized carbons (Fsp3) is 0.381. The Morgan fingerprint density at radius 1 is 1.07 bits per heavy atom. The van der Waals surface area contributed by atoms with Crippen LogP contribution in [0, 0.1) is 5.82 Å². The number of hydrogen-bond acceptors (Lipinski definition) is 4. The Kier molecular flexibility index (Phi) is 5.25. The van der Waals surface area contributed by atoms with Crippen LogP contribution in [0.3, 0.4) is 0 Å². The summed E-state index contributed by atoms with van der Waals surface area (Å²) < 4.78 is 24.5. The first-order valence-electron chi connectivity index (χ1n) is 9.38. The molecular weight excluding hydrogens is 347 g/mol. The minimum absolute atomic E-state index is 0.0708. The van der Waals surface area contributed by atoms with Crippen molar-refractivity contribution >= 4 is 11.6 Å². The van der Waals surface area contributed by atoms with Gasteiger partial charge in [0.25, 0.3) is 0 Å². The van der Waals surface area contributed by atoms with E-state index in [1.807, 2.05) is 12.1 Å². The first-order valence-corrected chi connectivity index (χ1v) is 9.38. The lowest BCUT2D eigenvalue weighted by molar-refractivity contribution is -0.117. The zero-order chi connectivity index (χ0) is 18.6. The summed E-state index contributed by atoms with van der Waals surface area (Å²) in [5, 5.41) is 2.94. The van der Waals surface area contributed by atoms with Crippen molar-refractivity contribution in [2.24, 2.45) is 0 Å². The van der Waals surface area contributed by atoms with Crippen LogP contribution in [0.4, 0.5) is 10.1 Å². The maximum absolute atomic E-state index is 13.2. The van der Waals surface area contributed by atoms with Gasteiger partial charge < -0.3 is 14.8 Å². The molecule has 5 nitrogen and oxygen atoms in total. The molecule has 0 bridgehead atoms. The molecule has 2 aromatic rings. The van der Waals surface area contributed by atoms with Crippen LogP contribution in [-0.4, -0.2) is 37.1 Å². The molecule has 0 spiro atoms. The number of fused-ring (bicyclic) bond motifs is 1. The molecule has 1 atom stereocenters. The van der Waals surface area contributed by atoms with Gasteiger partial charge >= 0.3 is 0 Å². The van der Waals surface area contributed by atoms with Crippen LogP contribution in [0.5, 0.6) is 11.5 Å². The molecule has 0 aromatic heterocycles. The van der Waals surface area contributed by atoms with E-state index in [0.717, 1.165) is 31.4 Å². The van der Waals surface area contributed by atoms with E-state index in [2.05, 4.69) is 10.2 Å². The van der Waals surface area contributed by atoms with Crippen LogP contribution < -0.4 is 14.8 Å². The molecule has 1 fully saturated rings. The van der Waals surface area contributed by atoms with Gasteiger partial charge in [-0.1, -0.05) is 12.1 Å². The molecule has 2 aliphatic heterocycles. The van der Waals surface area contributed by atoms with Crippen LogP contribution in [0.2, 0.25) is 0 Å². The lowest BCUT2D eigenvalue weighted by Crippen LogP contribution is -2.32. The van der Waals surface area contributed by atoms with Crippen molar-refractivity contribution < 1.29 is 18.7 Å². The lowest BCUT2D eigenvalue weighted by atomic mass is 10.0. The molecule has 2 heterocycles. The lowest BCUT2D eigenvalue weighted by Gasteiger charge is -2.24. The number of hydrogen-bond donors (Lipinski definition) is 1. The molecule has 6 heteroatoms. The minimum atomic E-state index is -0.240. The third-order valence-electron chi connectivity index (χ3n) is 5.00. The number of nitrogens with one attached hydrogen (secondary N) is 1. The summed E-state index contributed by atoms with van der Waals surface area (Å²) >= 11 is 0. The zero-order valence-electron chi connectivity index (χ0n) is 15.1. The van der Waals surface area contributed by atoms with Crippen molar-refractivity contribution in [3.8, 4) is 11.5 Å². The topological polar surface area (TPSA) is 50.8 Å². The predicted octanol–water partition coefficient (Wildman–Crippen LogP) is 3.76. The average Bonchev–Trinajstić information content (AvgIpc) is 2.98. The van der Waals surface area contributed by atoms with Crippen LogP contribution >= 0.6 is 0 Å². The maximum atomic E-state index is 13.2. The molecule has 27 heavy (non-hydrogen) atoms. The Labute approximate surface area is 158 Å². The Hall–Kier alpha value is -2.60. The van der Waals surface area contributed by atoms with Crippen LogP contribution in [-0.2, 0) is 4.79 Å². The number of anilines is 1. The first-order chi connectivity index (χ1) is 13.2. The van der Waals surface area contributed by atoms with E-state index in [1.165, 1.54) is 12.1 Å². The van der Waals surface area contributed by atoms with Crippen LogP contribution in [0.25, 0.3) is 0 Å². The SMILES string of the molecule is O=C(CN1CCCC1c1ccc(F)cc1)Nc1ccc2c(c1)OCCCO2.